The Labute approximate surface area is 126 Å². The Morgan fingerprint density at radius 2 is 2.05 bits per heavy atom. The molecule has 112 valence electrons. The van der Waals surface area contributed by atoms with Crippen LogP contribution in [-0.4, -0.2) is 43.6 Å². The number of ether oxygens (including phenoxy) is 1. The molecule has 1 aromatic rings. The Balaban J connectivity index is 0.000000956. The molecule has 1 N–H and O–H groups in total. The Bertz CT molecular complexity index is 409. The molecule has 4 nitrogen and oxygen atoms in total. The number of rotatable bonds is 4. The first-order valence-corrected chi connectivity index (χ1v) is 7.37. The molecule has 0 aromatic heterocycles. The van der Waals surface area contributed by atoms with Crippen molar-refractivity contribution in [2.45, 2.75) is 26.3 Å². The predicted octanol–water partition coefficient (Wildman–Crippen LogP) is 2.57. The standard InChI is InChI=1S/C13H17ClN2O2.C2H6/c1-16-7-6-11(8-16)15-13(17)9-18-12-4-2-10(14)3-5-12;1-2/h2-5,11H,6-9H2,1H3,(H,15,17);1-2H3/t11-;/m0./s1. The van der Waals surface area contributed by atoms with E-state index in [1.165, 1.54) is 0 Å². The van der Waals surface area contributed by atoms with E-state index in [0.717, 1.165) is 19.5 Å². The summed E-state index contributed by atoms with van der Waals surface area (Å²) in [4.78, 5) is 13.9. The van der Waals surface area contributed by atoms with E-state index in [1.54, 1.807) is 24.3 Å². The van der Waals surface area contributed by atoms with Gasteiger partial charge in [0.05, 0.1) is 0 Å². The van der Waals surface area contributed by atoms with Crippen molar-refractivity contribution in [1.29, 1.82) is 0 Å². The lowest BCUT2D eigenvalue weighted by Gasteiger charge is -2.13. The van der Waals surface area contributed by atoms with Crippen molar-refractivity contribution < 1.29 is 9.53 Å². The second-order valence-corrected chi connectivity index (χ2v) is 4.99. The maximum absolute atomic E-state index is 11.7. The van der Waals surface area contributed by atoms with Gasteiger partial charge in [-0.1, -0.05) is 25.4 Å². The number of nitrogens with one attached hydrogen (secondary N) is 1. The van der Waals surface area contributed by atoms with Crippen molar-refractivity contribution in [1.82, 2.24) is 10.2 Å². The molecule has 20 heavy (non-hydrogen) atoms. The van der Waals surface area contributed by atoms with E-state index < -0.39 is 0 Å². The predicted molar refractivity (Wildman–Crippen MR) is 82.3 cm³/mol. The molecule has 0 saturated carbocycles. The molecular formula is C15H23ClN2O2. The summed E-state index contributed by atoms with van der Waals surface area (Å²) in [5.41, 5.74) is 0. The highest BCUT2D eigenvalue weighted by Gasteiger charge is 2.20. The second kappa shape index (κ2) is 8.82. The average molecular weight is 299 g/mol. The van der Waals surface area contributed by atoms with Gasteiger partial charge in [0.1, 0.15) is 5.75 Å². The van der Waals surface area contributed by atoms with Crippen LogP contribution in [0.1, 0.15) is 20.3 Å². The van der Waals surface area contributed by atoms with Crippen LogP contribution >= 0.6 is 11.6 Å². The zero-order valence-corrected chi connectivity index (χ0v) is 13.1. The van der Waals surface area contributed by atoms with E-state index >= 15 is 0 Å². The summed E-state index contributed by atoms with van der Waals surface area (Å²) in [6.45, 7) is 5.98. The number of nitrogens with zero attached hydrogens (tertiary/aromatic N) is 1. The summed E-state index contributed by atoms with van der Waals surface area (Å²) in [5, 5.41) is 3.61. The lowest BCUT2D eigenvalue weighted by atomic mass is 10.2. The van der Waals surface area contributed by atoms with Crippen LogP contribution in [-0.2, 0) is 4.79 Å². The number of carbonyl (C=O) groups excluding carboxylic acids is 1. The van der Waals surface area contributed by atoms with Crippen LogP contribution in [0, 0.1) is 0 Å². The van der Waals surface area contributed by atoms with Crippen LogP contribution in [0.15, 0.2) is 24.3 Å². The Hall–Kier alpha value is -1.26. The van der Waals surface area contributed by atoms with E-state index in [0.29, 0.717) is 10.8 Å². The van der Waals surface area contributed by atoms with Crippen LogP contribution in [0.2, 0.25) is 5.02 Å². The molecule has 1 aliphatic rings. The van der Waals surface area contributed by atoms with Gasteiger partial charge in [0.15, 0.2) is 6.61 Å². The molecular weight excluding hydrogens is 276 g/mol. The fourth-order valence-electron chi connectivity index (χ4n) is 2.00. The quantitative estimate of drug-likeness (QED) is 0.929. The Morgan fingerprint density at radius 1 is 1.40 bits per heavy atom. The molecule has 1 heterocycles. The van der Waals surface area contributed by atoms with Gasteiger partial charge in [-0.05, 0) is 44.3 Å². The summed E-state index contributed by atoms with van der Waals surface area (Å²) in [5.74, 6) is 0.573. The third kappa shape index (κ3) is 5.80. The highest BCUT2D eigenvalue weighted by Crippen LogP contribution is 2.15. The molecule has 1 saturated heterocycles. The smallest absolute Gasteiger partial charge is 0.258 e. The fraction of sp³-hybridized carbons (Fsp3) is 0.533. The van der Waals surface area contributed by atoms with Gasteiger partial charge in [-0.15, -0.1) is 0 Å². The third-order valence-electron chi connectivity index (χ3n) is 2.94. The number of amides is 1. The highest BCUT2D eigenvalue weighted by atomic mass is 35.5. The molecule has 0 radical (unpaired) electrons. The van der Waals surface area contributed by atoms with Gasteiger partial charge in [-0.2, -0.15) is 0 Å². The van der Waals surface area contributed by atoms with E-state index in [1.807, 2.05) is 13.8 Å². The summed E-state index contributed by atoms with van der Waals surface area (Å²) in [6, 6.07) is 7.22. The number of likely N-dealkylation sites (tertiary alicyclic amines) is 1. The minimum Gasteiger partial charge on any atom is -0.484 e. The normalized spacial score (nSPS) is 18.1. The van der Waals surface area contributed by atoms with Gasteiger partial charge in [-0.25, -0.2) is 0 Å². The highest BCUT2D eigenvalue weighted by molar-refractivity contribution is 6.30. The second-order valence-electron chi connectivity index (χ2n) is 4.56. The van der Waals surface area contributed by atoms with Crippen molar-refractivity contribution >= 4 is 17.5 Å². The largest absolute Gasteiger partial charge is 0.484 e. The van der Waals surface area contributed by atoms with Crippen molar-refractivity contribution in [2.75, 3.05) is 26.7 Å². The SMILES string of the molecule is CC.CN1CC[C@H](NC(=O)COc2ccc(Cl)cc2)C1. The first kappa shape index (κ1) is 16.8. The van der Waals surface area contributed by atoms with E-state index in [-0.39, 0.29) is 18.6 Å². The average Bonchev–Trinajstić information content (AvgIpc) is 2.86. The van der Waals surface area contributed by atoms with E-state index in [2.05, 4.69) is 17.3 Å². The number of likely N-dealkylation sites (N-methyl/N-ethyl adjacent to an activating group) is 1. The molecule has 1 aromatic carbocycles. The van der Waals surface area contributed by atoms with Gasteiger partial charge < -0.3 is 15.0 Å². The Kier molecular flexibility index (Phi) is 7.41. The van der Waals surface area contributed by atoms with Crippen molar-refractivity contribution in [3.8, 4) is 5.75 Å². The minimum absolute atomic E-state index is 0.0435. The first-order valence-electron chi connectivity index (χ1n) is 7.00. The van der Waals surface area contributed by atoms with Crippen LogP contribution < -0.4 is 10.1 Å². The fourth-order valence-corrected chi connectivity index (χ4v) is 2.13. The molecule has 1 aliphatic heterocycles. The molecule has 1 atom stereocenters. The zero-order valence-electron chi connectivity index (χ0n) is 12.4. The monoisotopic (exact) mass is 298 g/mol. The molecule has 1 fully saturated rings. The summed E-state index contributed by atoms with van der Waals surface area (Å²) in [6.07, 6.45) is 1.00. The number of benzene rings is 1. The Morgan fingerprint density at radius 3 is 2.60 bits per heavy atom. The molecule has 2 rings (SSSR count). The molecule has 0 spiro atoms. The maximum atomic E-state index is 11.7. The van der Waals surface area contributed by atoms with Crippen LogP contribution in [0.25, 0.3) is 0 Å². The molecule has 0 aliphatic carbocycles. The summed E-state index contributed by atoms with van der Waals surface area (Å²) < 4.78 is 5.38. The van der Waals surface area contributed by atoms with Gasteiger partial charge in [0.2, 0.25) is 0 Å². The summed E-state index contributed by atoms with van der Waals surface area (Å²) >= 11 is 5.76. The van der Waals surface area contributed by atoms with Crippen LogP contribution in [0.5, 0.6) is 5.75 Å². The topological polar surface area (TPSA) is 41.6 Å². The van der Waals surface area contributed by atoms with Crippen LogP contribution in [0.3, 0.4) is 0 Å². The van der Waals surface area contributed by atoms with Gasteiger partial charge in [0, 0.05) is 17.6 Å². The van der Waals surface area contributed by atoms with E-state index in [4.69, 9.17) is 16.3 Å². The number of carbonyl (C=O) groups is 1. The van der Waals surface area contributed by atoms with Gasteiger partial charge in [0.25, 0.3) is 5.91 Å². The summed E-state index contributed by atoms with van der Waals surface area (Å²) in [7, 11) is 2.05. The van der Waals surface area contributed by atoms with Gasteiger partial charge >= 0.3 is 0 Å². The van der Waals surface area contributed by atoms with Gasteiger partial charge in [-0.3, -0.25) is 4.79 Å². The van der Waals surface area contributed by atoms with E-state index in [9.17, 15) is 4.79 Å². The molecule has 0 bridgehead atoms. The lowest BCUT2D eigenvalue weighted by Crippen LogP contribution is -2.39. The lowest BCUT2D eigenvalue weighted by molar-refractivity contribution is -0.123. The molecule has 1 amide bonds. The first-order chi connectivity index (χ1) is 9.63. The minimum atomic E-state index is -0.0785. The molecule has 0 unspecified atom stereocenters. The maximum Gasteiger partial charge on any atom is 0.258 e. The van der Waals surface area contributed by atoms with Crippen molar-refractivity contribution in [2.24, 2.45) is 0 Å². The zero-order chi connectivity index (χ0) is 15.0. The number of hydrogen-bond acceptors (Lipinski definition) is 3. The molecule has 5 heteroatoms. The number of hydrogen-bond donors (Lipinski definition) is 1. The van der Waals surface area contributed by atoms with Crippen molar-refractivity contribution in [3.63, 3.8) is 0 Å². The number of halogens is 1. The van der Waals surface area contributed by atoms with Crippen LogP contribution in [0.4, 0.5) is 0 Å². The van der Waals surface area contributed by atoms with Crippen molar-refractivity contribution in [3.05, 3.63) is 29.3 Å². The third-order valence-corrected chi connectivity index (χ3v) is 3.19.